The van der Waals surface area contributed by atoms with Crippen LogP contribution in [0.1, 0.15) is 22.2 Å². The molecule has 0 aliphatic carbocycles. The Labute approximate surface area is 135 Å². The van der Waals surface area contributed by atoms with E-state index in [0.717, 1.165) is 30.9 Å². The third-order valence-corrected chi connectivity index (χ3v) is 4.54. The van der Waals surface area contributed by atoms with Gasteiger partial charge < -0.3 is 10.6 Å². The average Bonchev–Trinajstić information content (AvgIpc) is 2.99. The number of aryl methyl sites for hydroxylation is 1. The summed E-state index contributed by atoms with van der Waals surface area (Å²) >= 11 is 1.82. The third-order valence-electron chi connectivity index (χ3n) is 3.31. The fraction of sp³-hybridized carbons (Fsp3) is 0.353. The first-order valence-electron chi connectivity index (χ1n) is 7.47. The Hall–Kier alpha value is -1.88. The topological polar surface area (TPSA) is 36.4 Å². The highest BCUT2D eigenvalue weighted by Gasteiger charge is 2.02. The number of rotatable bonds is 6. The molecule has 0 saturated carbocycles. The van der Waals surface area contributed by atoms with Gasteiger partial charge in [-0.3, -0.25) is 4.99 Å². The van der Waals surface area contributed by atoms with Gasteiger partial charge in [-0.15, -0.1) is 11.3 Å². The van der Waals surface area contributed by atoms with Gasteiger partial charge in [-0.2, -0.15) is 0 Å². The van der Waals surface area contributed by atoms with Gasteiger partial charge in [0, 0.05) is 23.3 Å². The smallest absolute Gasteiger partial charge is 0.191 e. The molecule has 0 aliphatic rings. The van der Waals surface area contributed by atoms with Crippen LogP contribution in [0.2, 0.25) is 0 Å². The number of nitrogens with one attached hydrogen (secondary N) is 2. The van der Waals surface area contributed by atoms with E-state index in [1.54, 1.807) is 19.2 Å². The van der Waals surface area contributed by atoms with Gasteiger partial charge in [-0.25, -0.2) is 4.39 Å². The van der Waals surface area contributed by atoms with Crippen molar-refractivity contribution < 1.29 is 4.39 Å². The van der Waals surface area contributed by atoms with Crippen LogP contribution < -0.4 is 10.6 Å². The van der Waals surface area contributed by atoms with E-state index in [2.05, 4.69) is 34.7 Å². The van der Waals surface area contributed by atoms with Gasteiger partial charge in [0.25, 0.3) is 0 Å². The van der Waals surface area contributed by atoms with Gasteiger partial charge in [0.15, 0.2) is 5.96 Å². The van der Waals surface area contributed by atoms with Crippen molar-refractivity contribution in [1.82, 2.24) is 10.6 Å². The highest BCUT2D eigenvalue weighted by molar-refractivity contribution is 7.11. The molecule has 0 bridgehead atoms. The number of hydrogen-bond donors (Lipinski definition) is 2. The maximum Gasteiger partial charge on any atom is 0.191 e. The summed E-state index contributed by atoms with van der Waals surface area (Å²) in [7, 11) is 1.75. The number of thiophene rings is 1. The van der Waals surface area contributed by atoms with Crippen LogP contribution in [0.15, 0.2) is 41.4 Å². The van der Waals surface area contributed by atoms with Crippen LogP contribution in [0, 0.1) is 5.82 Å². The predicted octanol–water partition coefficient (Wildman–Crippen LogP) is 3.36. The predicted molar refractivity (Wildman–Crippen MR) is 92.0 cm³/mol. The lowest BCUT2D eigenvalue weighted by Crippen LogP contribution is -2.37. The van der Waals surface area contributed by atoms with E-state index in [1.165, 1.54) is 15.8 Å². The second kappa shape index (κ2) is 8.54. The molecule has 1 heterocycles. The van der Waals surface area contributed by atoms with Crippen LogP contribution in [0.5, 0.6) is 0 Å². The monoisotopic (exact) mass is 319 g/mol. The second-order valence-electron chi connectivity index (χ2n) is 4.95. The minimum absolute atomic E-state index is 0.190. The van der Waals surface area contributed by atoms with Crippen LogP contribution in [-0.2, 0) is 19.4 Å². The quantitative estimate of drug-likeness (QED) is 0.633. The standard InChI is InChI=1S/C17H22FN3S/c1-3-15-7-8-16(22-15)12-21-17(19-2)20-10-9-13-5-4-6-14(18)11-13/h4-8,11H,3,9-10,12H2,1-2H3,(H2,19,20,21). The molecule has 0 spiro atoms. The minimum atomic E-state index is -0.190. The van der Waals surface area contributed by atoms with E-state index >= 15 is 0 Å². The Balaban J connectivity index is 1.75. The zero-order chi connectivity index (χ0) is 15.8. The first kappa shape index (κ1) is 16.5. The Kier molecular flexibility index (Phi) is 6.40. The Bertz CT molecular complexity index is 622. The molecular weight excluding hydrogens is 297 g/mol. The summed E-state index contributed by atoms with van der Waals surface area (Å²) in [6.07, 6.45) is 1.84. The van der Waals surface area contributed by atoms with Crippen molar-refractivity contribution in [2.45, 2.75) is 26.3 Å². The molecule has 2 N–H and O–H groups in total. The molecule has 0 saturated heterocycles. The fourth-order valence-electron chi connectivity index (χ4n) is 2.12. The maximum atomic E-state index is 13.1. The Morgan fingerprint density at radius 3 is 2.68 bits per heavy atom. The summed E-state index contributed by atoms with van der Waals surface area (Å²) in [5.74, 6) is 0.576. The van der Waals surface area contributed by atoms with Crippen molar-refractivity contribution in [2.24, 2.45) is 4.99 Å². The van der Waals surface area contributed by atoms with Gasteiger partial charge in [-0.05, 0) is 42.7 Å². The van der Waals surface area contributed by atoms with Crippen molar-refractivity contribution in [3.05, 3.63) is 57.5 Å². The van der Waals surface area contributed by atoms with Crippen molar-refractivity contribution in [3.63, 3.8) is 0 Å². The van der Waals surface area contributed by atoms with E-state index in [1.807, 2.05) is 17.4 Å². The molecule has 3 nitrogen and oxygen atoms in total. The summed E-state index contributed by atoms with van der Waals surface area (Å²) in [6, 6.07) is 11.0. The molecule has 1 aromatic carbocycles. The highest BCUT2D eigenvalue weighted by atomic mass is 32.1. The number of nitrogens with zero attached hydrogens (tertiary/aromatic N) is 1. The molecule has 1 aromatic heterocycles. The second-order valence-corrected chi connectivity index (χ2v) is 6.21. The van der Waals surface area contributed by atoms with E-state index in [0.29, 0.717) is 6.54 Å². The average molecular weight is 319 g/mol. The van der Waals surface area contributed by atoms with Crippen LogP contribution in [0.3, 0.4) is 0 Å². The van der Waals surface area contributed by atoms with Crippen molar-refractivity contribution in [2.75, 3.05) is 13.6 Å². The molecule has 5 heteroatoms. The Morgan fingerprint density at radius 1 is 1.18 bits per heavy atom. The number of halogens is 1. The fourth-order valence-corrected chi connectivity index (χ4v) is 3.01. The first-order valence-corrected chi connectivity index (χ1v) is 8.29. The van der Waals surface area contributed by atoms with Crippen molar-refractivity contribution in [1.29, 1.82) is 0 Å². The first-order chi connectivity index (χ1) is 10.7. The number of guanidine groups is 1. The molecule has 0 atom stereocenters. The lowest BCUT2D eigenvalue weighted by atomic mass is 10.1. The van der Waals surface area contributed by atoms with Crippen molar-refractivity contribution >= 4 is 17.3 Å². The largest absolute Gasteiger partial charge is 0.356 e. The molecule has 22 heavy (non-hydrogen) atoms. The number of benzene rings is 1. The van der Waals surface area contributed by atoms with E-state index in [4.69, 9.17) is 0 Å². The summed E-state index contributed by atoms with van der Waals surface area (Å²) < 4.78 is 13.1. The summed E-state index contributed by atoms with van der Waals surface area (Å²) in [5, 5.41) is 6.55. The van der Waals surface area contributed by atoms with Crippen LogP contribution in [0.25, 0.3) is 0 Å². The zero-order valence-corrected chi connectivity index (χ0v) is 13.8. The van der Waals surface area contributed by atoms with E-state index in [9.17, 15) is 4.39 Å². The van der Waals surface area contributed by atoms with Crippen LogP contribution in [-0.4, -0.2) is 19.6 Å². The molecule has 0 aliphatic heterocycles. The Morgan fingerprint density at radius 2 is 2.00 bits per heavy atom. The molecule has 0 unspecified atom stereocenters. The third kappa shape index (κ3) is 5.15. The normalized spacial score (nSPS) is 11.5. The molecular formula is C17H22FN3S. The molecule has 0 fully saturated rings. The van der Waals surface area contributed by atoms with E-state index in [-0.39, 0.29) is 5.82 Å². The van der Waals surface area contributed by atoms with Gasteiger partial charge in [-0.1, -0.05) is 19.1 Å². The van der Waals surface area contributed by atoms with Gasteiger partial charge in [0.05, 0.1) is 6.54 Å². The summed E-state index contributed by atoms with van der Waals surface area (Å²) in [6.45, 7) is 3.65. The van der Waals surface area contributed by atoms with Crippen molar-refractivity contribution in [3.8, 4) is 0 Å². The number of hydrogen-bond acceptors (Lipinski definition) is 2. The van der Waals surface area contributed by atoms with Crippen LogP contribution in [0.4, 0.5) is 4.39 Å². The summed E-state index contributed by atoms with van der Waals surface area (Å²) in [4.78, 5) is 6.89. The lowest BCUT2D eigenvalue weighted by Gasteiger charge is -2.11. The van der Waals surface area contributed by atoms with E-state index < -0.39 is 0 Å². The minimum Gasteiger partial charge on any atom is -0.356 e. The molecule has 0 amide bonds. The van der Waals surface area contributed by atoms with Gasteiger partial charge >= 0.3 is 0 Å². The molecule has 2 rings (SSSR count). The molecule has 118 valence electrons. The maximum absolute atomic E-state index is 13.1. The summed E-state index contributed by atoms with van der Waals surface area (Å²) in [5.41, 5.74) is 0.980. The molecule has 0 radical (unpaired) electrons. The lowest BCUT2D eigenvalue weighted by molar-refractivity contribution is 0.625. The zero-order valence-electron chi connectivity index (χ0n) is 13.0. The molecule has 2 aromatic rings. The highest BCUT2D eigenvalue weighted by Crippen LogP contribution is 2.16. The van der Waals surface area contributed by atoms with Crippen LogP contribution >= 0.6 is 11.3 Å². The van der Waals surface area contributed by atoms with Gasteiger partial charge in [0.1, 0.15) is 5.82 Å². The SMILES string of the molecule is CCc1ccc(CNC(=NC)NCCc2cccc(F)c2)s1. The number of aliphatic imine (C=N–C) groups is 1. The van der Waals surface area contributed by atoms with Gasteiger partial charge in [0.2, 0.25) is 0 Å².